The van der Waals surface area contributed by atoms with Crippen molar-refractivity contribution in [1.82, 2.24) is 20.2 Å². The zero-order valence-corrected chi connectivity index (χ0v) is 24.3. The normalized spacial score (nSPS) is 14.7. The van der Waals surface area contributed by atoms with E-state index in [0.717, 1.165) is 23.6 Å². The number of nitrogens with one attached hydrogen (secondary N) is 1. The van der Waals surface area contributed by atoms with E-state index in [0.29, 0.717) is 28.2 Å². The number of hydroxylamine groups is 1. The second-order valence-corrected chi connectivity index (χ2v) is 10.7. The van der Waals surface area contributed by atoms with Gasteiger partial charge in [0.2, 0.25) is 5.91 Å². The first-order chi connectivity index (χ1) is 21.3. The molecule has 1 aliphatic heterocycles. The number of urea groups is 1. The number of carbonyl (C=O) groups is 2. The number of hydrogen-bond acceptors (Lipinski definition) is 7. The minimum absolute atomic E-state index is 0.0437. The number of benzene rings is 3. The molecule has 1 N–H and O–H groups in total. The molecular weight excluding hydrogens is 623 g/mol. The minimum atomic E-state index is -4.79. The number of anilines is 1. The summed E-state index contributed by atoms with van der Waals surface area (Å²) < 4.78 is 70.9. The Bertz CT molecular complexity index is 1740. The predicted octanol–water partition coefficient (Wildman–Crippen LogP) is 6.53. The molecule has 3 aromatic carbocycles. The Morgan fingerprint density at radius 1 is 1.04 bits per heavy atom. The van der Waals surface area contributed by atoms with Gasteiger partial charge in [-0.2, -0.15) is 4.99 Å². The van der Waals surface area contributed by atoms with E-state index in [1.807, 2.05) is 0 Å². The predicted molar refractivity (Wildman–Crippen MR) is 155 cm³/mol. The quantitative estimate of drug-likeness (QED) is 0.171. The molecule has 0 bridgehead atoms. The first-order valence-corrected chi connectivity index (χ1v) is 14.1. The summed E-state index contributed by atoms with van der Waals surface area (Å²) in [5, 5.41) is 4.29. The smallest absolute Gasteiger partial charge is 0.406 e. The van der Waals surface area contributed by atoms with Crippen LogP contribution in [0.15, 0.2) is 78.0 Å². The number of amides is 3. The number of halogens is 5. The third-order valence-electron chi connectivity index (χ3n) is 6.27. The second kappa shape index (κ2) is 12.6. The zero-order chi connectivity index (χ0) is 32.4. The molecule has 3 amide bonds. The van der Waals surface area contributed by atoms with Crippen LogP contribution in [0.5, 0.6) is 5.75 Å². The van der Waals surface area contributed by atoms with Gasteiger partial charge in [-0.25, -0.2) is 28.7 Å². The van der Waals surface area contributed by atoms with Crippen molar-refractivity contribution in [3.8, 4) is 22.8 Å². The second-order valence-electron chi connectivity index (χ2n) is 9.77. The average Bonchev–Trinajstić information content (AvgIpc) is 3.59. The van der Waals surface area contributed by atoms with Crippen molar-refractivity contribution in [3.63, 3.8) is 0 Å². The summed E-state index contributed by atoms with van der Waals surface area (Å²) in [6, 6.07) is 15.2. The Kier molecular flexibility index (Phi) is 8.88. The summed E-state index contributed by atoms with van der Waals surface area (Å²) in [4.78, 5) is 39.4. The van der Waals surface area contributed by atoms with Crippen LogP contribution in [0, 0.1) is 6.92 Å². The van der Waals surface area contributed by atoms with Crippen LogP contribution in [0.25, 0.3) is 17.1 Å². The van der Waals surface area contributed by atoms with Crippen LogP contribution >= 0.6 is 11.8 Å². The number of ether oxygens (including phenoxy) is 1. The lowest BCUT2D eigenvalue weighted by atomic mass is 10.0. The highest BCUT2D eigenvalue weighted by atomic mass is 32.2. The summed E-state index contributed by atoms with van der Waals surface area (Å²) in [7, 11) is 0. The lowest BCUT2D eigenvalue weighted by molar-refractivity contribution is -0.274. The summed E-state index contributed by atoms with van der Waals surface area (Å²) in [5.41, 5.74) is 4.17. The Hall–Kier alpha value is -4.83. The molecule has 0 unspecified atom stereocenters. The topological polar surface area (TPSA) is 111 Å². The Labute approximate surface area is 256 Å². The van der Waals surface area contributed by atoms with Gasteiger partial charge in [-0.15, -0.1) is 18.3 Å². The van der Waals surface area contributed by atoms with Gasteiger partial charge < -0.3 is 4.74 Å². The molecule has 10 nitrogen and oxygen atoms in total. The van der Waals surface area contributed by atoms with E-state index < -0.39 is 24.2 Å². The van der Waals surface area contributed by atoms with Gasteiger partial charge in [0.1, 0.15) is 12.1 Å². The van der Waals surface area contributed by atoms with E-state index in [-0.39, 0.29) is 34.5 Å². The number of hydrogen-bond donors (Lipinski definition) is 1. The maximum Gasteiger partial charge on any atom is 0.573 e. The Morgan fingerprint density at radius 2 is 1.76 bits per heavy atom. The highest BCUT2D eigenvalue weighted by Crippen LogP contribution is 2.38. The number of thioether (sulfide) groups is 1. The Morgan fingerprint density at radius 3 is 2.42 bits per heavy atom. The largest absolute Gasteiger partial charge is 0.573 e. The number of aliphatic imine (C=N–C) groups is 1. The molecule has 1 aliphatic rings. The van der Waals surface area contributed by atoms with Crippen LogP contribution in [0.1, 0.15) is 23.6 Å². The van der Waals surface area contributed by atoms with Crippen LogP contribution < -0.4 is 15.1 Å². The molecule has 2 heterocycles. The SMILES string of the molecule is Cc1ccc(C(C)(F)F)c(N2C(=O)CS/C2=N\C(=O)NOCc2ccc(-c3ncn(-c4ccc(OC(F)(F)F)cc4)n3)cc2)c1. The molecule has 1 fully saturated rings. The van der Waals surface area contributed by atoms with Gasteiger partial charge in [0.15, 0.2) is 11.0 Å². The molecule has 5 rings (SSSR count). The monoisotopic (exact) mass is 646 g/mol. The van der Waals surface area contributed by atoms with Crippen molar-refractivity contribution in [3.05, 3.63) is 89.7 Å². The average molecular weight is 647 g/mol. The van der Waals surface area contributed by atoms with Crippen molar-refractivity contribution >= 4 is 34.6 Å². The molecule has 0 saturated carbocycles. The van der Waals surface area contributed by atoms with E-state index in [1.54, 1.807) is 31.2 Å². The van der Waals surface area contributed by atoms with E-state index in [4.69, 9.17) is 4.84 Å². The van der Waals surface area contributed by atoms with E-state index >= 15 is 0 Å². The summed E-state index contributed by atoms with van der Waals surface area (Å²) in [6.07, 6.45) is -3.38. The van der Waals surface area contributed by atoms with Crippen LogP contribution in [0.4, 0.5) is 32.4 Å². The lowest BCUT2D eigenvalue weighted by Gasteiger charge is -2.23. The van der Waals surface area contributed by atoms with Crippen molar-refractivity contribution in [2.24, 2.45) is 4.99 Å². The van der Waals surface area contributed by atoms with Crippen LogP contribution in [0.3, 0.4) is 0 Å². The third kappa shape index (κ3) is 7.82. The van der Waals surface area contributed by atoms with Gasteiger partial charge in [0, 0.05) is 18.1 Å². The molecule has 1 saturated heterocycles. The highest BCUT2D eigenvalue weighted by molar-refractivity contribution is 8.15. The molecule has 0 radical (unpaired) electrons. The number of alkyl halides is 5. The number of carbonyl (C=O) groups excluding carboxylic acids is 2. The molecule has 45 heavy (non-hydrogen) atoms. The number of amidine groups is 1. The van der Waals surface area contributed by atoms with Crippen molar-refractivity contribution in [1.29, 1.82) is 0 Å². The van der Waals surface area contributed by atoms with Gasteiger partial charge >= 0.3 is 12.4 Å². The minimum Gasteiger partial charge on any atom is -0.406 e. The van der Waals surface area contributed by atoms with Gasteiger partial charge in [0.25, 0.3) is 5.92 Å². The maximum atomic E-state index is 14.3. The molecular formula is C29H23F5N6O4S. The fourth-order valence-electron chi connectivity index (χ4n) is 4.24. The summed E-state index contributed by atoms with van der Waals surface area (Å²) in [6.45, 7) is 2.38. The lowest BCUT2D eigenvalue weighted by Crippen LogP contribution is -2.33. The first-order valence-electron chi connectivity index (χ1n) is 13.1. The standard InChI is InChI=1S/C29H23F5N6O4S/c1-17-3-12-22(28(2,30)31)23(13-17)40-24(41)15-45-27(40)36-26(42)38-43-14-18-4-6-19(7-5-18)25-35-16-39(37-25)20-8-10-21(11-9-20)44-29(32,33)34/h3-13,16H,14-15H2,1-2H3,(H,38,42)/b36-27-. The number of aryl methyl sites for hydroxylation is 1. The van der Waals surface area contributed by atoms with E-state index in [2.05, 4.69) is 25.3 Å². The van der Waals surface area contributed by atoms with E-state index in [9.17, 15) is 31.5 Å². The molecule has 16 heteroatoms. The van der Waals surface area contributed by atoms with Gasteiger partial charge in [-0.1, -0.05) is 48.2 Å². The van der Waals surface area contributed by atoms with Crippen molar-refractivity contribution in [2.45, 2.75) is 32.7 Å². The van der Waals surface area contributed by atoms with Crippen molar-refractivity contribution < 1.29 is 41.1 Å². The van der Waals surface area contributed by atoms with Crippen molar-refractivity contribution in [2.75, 3.05) is 10.7 Å². The molecule has 4 aromatic rings. The van der Waals surface area contributed by atoms with Gasteiger partial charge in [-0.3, -0.25) is 14.5 Å². The highest BCUT2D eigenvalue weighted by Gasteiger charge is 2.37. The number of rotatable bonds is 8. The molecule has 0 aliphatic carbocycles. The fourth-order valence-corrected chi connectivity index (χ4v) is 5.10. The molecule has 1 aromatic heterocycles. The zero-order valence-electron chi connectivity index (χ0n) is 23.5. The van der Waals surface area contributed by atoms with Gasteiger partial charge in [0.05, 0.1) is 23.7 Å². The molecule has 234 valence electrons. The van der Waals surface area contributed by atoms with Crippen LogP contribution in [-0.4, -0.2) is 44.0 Å². The summed E-state index contributed by atoms with van der Waals surface area (Å²) in [5.74, 6) is -3.80. The first kappa shape index (κ1) is 31.6. The van der Waals surface area contributed by atoms with Crippen LogP contribution in [0.2, 0.25) is 0 Å². The fraction of sp³-hybridized carbons (Fsp3) is 0.207. The van der Waals surface area contributed by atoms with E-state index in [1.165, 1.54) is 53.5 Å². The third-order valence-corrected chi connectivity index (χ3v) is 7.19. The van der Waals surface area contributed by atoms with Crippen LogP contribution in [-0.2, 0) is 22.2 Å². The number of nitrogens with zero attached hydrogens (tertiary/aromatic N) is 5. The van der Waals surface area contributed by atoms with Gasteiger partial charge in [-0.05, 0) is 48.4 Å². The molecule has 0 spiro atoms. The Balaban J connectivity index is 1.18. The maximum absolute atomic E-state index is 14.3. The number of aromatic nitrogens is 3. The summed E-state index contributed by atoms with van der Waals surface area (Å²) >= 11 is 0.944. The molecule has 0 atom stereocenters.